The first kappa shape index (κ1) is 25.0. The summed E-state index contributed by atoms with van der Waals surface area (Å²) in [6, 6.07) is 13.6. The van der Waals surface area contributed by atoms with Crippen LogP contribution in [0.2, 0.25) is 5.02 Å². The molecule has 2 rings (SSSR count). The second-order valence-corrected chi connectivity index (χ2v) is 9.63. The van der Waals surface area contributed by atoms with Gasteiger partial charge in [0.15, 0.2) is 0 Å². The highest BCUT2D eigenvalue weighted by Crippen LogP contribution is 2.35. The third-order valence-electron chi connectivity index (χ3n) is 5.03. The SMILES string of the molecule is CCC(CC(=O)O)c1ccc(N(CC(C)C)CC(C)(C)O)c(Nc2ccc(Cl)cc2)c1. The van der Waals surface area contributed by atoms with Crippen molar-refractivity contribution in [2.24, 2.45) is 5.92 Å². The van der Waals surface area contributed by atoms with E-state index in [1.807, 2.05) is 49.4 Å². The van der Waals surface area contributed by atoms with Gasteiger partial charge in [0.2, 0.25) is 0 Å². The molecule has 0 spiro atoms. The Kier molecular flexibility index (Phi) is 8.78. The molecule has 0 saturated carbocycles. The summed E-state index contributed by atoms with van der Waals surface area (Å²) >= 11 is 6.04. The Bertz CT molecular complexity index is 860. The van der Waals surface area contributed by atoms with Crippen LogP contribution in [-0.2, 0) is 4.79 Å². The lowest BCUT2D eigenvalue weighted by atomic mass is 9.92. The molecule has 2 aromatic rings. The Morgan fingerprint density at radius 3 is 2.32 bits per heavy atom. The number of hydrogen-bond acceptors (Lipinski definition) is 4. The monoisotopic (exact) mass is 446 g/mol. The Morgan fingerprint density at radius 1 is 1.16 bits per heavy atom. The van der Waals surface area contributed by atoms with Crippen molar-refractivity contribution in [3.8, 4) is 0 Å². The summed E-state index contributed by atoms with van der Waals surface area (Å²) in [5, 5.41) is 24.0. The smallest absolute Gasteiger partial charge is 0.303 e. The number of carboxylic acids is 1. The van der Waals surface area contributed by atoms with Gasteiger partial charge in [-0.3, -0.25) is 4.79 Å². The van der Waals surface area contributed by atoms with E-state index in [0.717, 1.165) is 35.6 Å². The van der Waals surface area contributed by atoms with Crippen LogP contribution in [0.1, 0.15) is 58.9 Å². The fourth-order valence-corrected chi connectivity index (χ4v) is 3.86. The molecule has 1 unspecified atom stereocenters. The second-order valence-electron chi connectivity index (χ2n) is 9.20. The van der Waals surface area contributed by atoms with E-state index in [0.29, 0.717) is 17.5 Å². The van der Waals surface area contributed by atoms with Crippen molar-refractivity contribution in [2.75, 3.05) is 23.3 Å². The highest BCUT2D eigenvalue weighted by atomic mass is 35.5. The van der Waals surface area contributed by atoms with Gasteiger partial charge >= 0.3 is 5.97 Å². The van der Waals surface area contributed by atoms with E-state index in [1.54, 1.807) is 13.8 Å². The molecule has 1 atom stereocenters. The maximum Gasteiger partial charge on any atom is 0.303 e. The highest BCUT2D eigenvalue weighted by molar-refractivity contribution is 6.30. The lowest BCUT2D eigenvalue weighted by Crippen LogP contribution is -2.40. The topological polar surface area (TPSA) is 72.8 Å². The Morgan fingerprint density at radius 2 is 1.81 bits per heavy atom. The minimum Gasteiger partial charge on any atom is -0.481 e. The van der Waals surface area contributed by atoms with E-state index >= 15 is 0 Å². The van der Waals surface area contributed by atoms with Crippen molar-refractivity contribution in [1.82, 2.24) is 0 Å². The van der Waals surface area contributed by atoms with Gasteiger partial charge in [-0.1, -0.05) is 38.4 Å². The van der Waals surface area contributed by atoms with Crippen molar-refractivity contribution in [1.29, 1.82) is 0 Å². The van der Waals surface area contributed by atoms with Gasteiger partial charge in [0.1, 0.15) is 0 Å². The summed E-state index contributed by atoms with van der Waals surface area (Å²) in [6.45, 7) is 11.2. The van der Waals surface area contributed by atoms with Crippen LogP contribution < -0.4 is 10.2 Å². The quantitative estimate of drug-likeness (QED) is 0.378. The van der Waals surface area contributed by atoms with Gasteiger partial charge in [-0.15, -0.1) is 0 Å². The van der Waals surface area contributed by atoms with Crippen LogP contribution in [0.25, 0.3) is 0 Å². The summed E-state index contributed by atoms with van der Waals surface area (Å²) in [7, 11) is 0. The number of nitrogens with zero attached hydrogens (tertiary/aromatic N) is 1. The van der Waals surface area contributed by atoms with E-state index in [2.05, 4.69) is 24.1 Å². The molecule has 2 aromatic carbocycles. The number of carbonyl (C=O) groups is 1. The summed E-state index contributed by atoms with van der Waals surface area (Å²) < 4.78 is 0. The Labute approximate surface area is 191 Å². The number of rotatable bonds is 11. The minimum atomic E-state index is -0.861. The molecule has 6 heteroatoms. The number of halogens is 1. The normalized spacial score (nSPS) is 12.6. The second kappa shape index (κ2) is 10.9. The molecule has 3 N–H and O–H groups in total. The number of nitrogens with one attached hydrogen (secondary N) is 1. The molecule has 0 saturated heterocycles. The highest BCUT2D eigenvalue weighted by Gasteiger charge is 2.23. The molecule has 0 radical (unpaired) electrons. The molecule has 170 valence electrons. The molecule has 0 bridgehead atoms. The molecule has 0 heterocycles. The average molecular weight is 447 g/mol. The molecular formula is C25H35ClN2O3. The zero-order valence-corrected chi connectivity index (χ0v) is 19.9. The van der Waals surface area contributed by atoms with Gasteiger partial charge in [-0.25, -0.2) is 0 Å². The number of aliphatic carboxylic acids is 1. The van der Waals surface area contributed by atoms with Crippen LogP contribution >= 0.6 is 11.6 Å². The van der Waals surface area contributed by atoms with Crippen LogP contribution in [0.3, 0.4) is 0 Å². The molecule has 5 nitrogen and oxygen atoms in total. The Hall–Kier alpha value is -2.24. The zero-order chi connectivity index (χ0) is 23.2. The molecule has 0 aliphatic rings. The summed E-state index contributed by atoms with van der Waals surface area (Å²) in [5.74, 6) is -0.461. The van der Waals surface area contributed by atoms with Gasteiger partial charge in [-0.05, 0) is 74.1 Å². The van der Waals surface area contributed by atoms with Gasteiger partial charge in [-0.2, -0.15) is 0 Å². The van der Waals surface area contributed by atoms with Crippen molar-refractivity contribution in [2.45, 2.75) is 59.0 Å². The maximum atomic E-state index is 11.3. The van der Waals surface area contributed by atoms with Crippen LogP contribution in [0, 0.1) is 5.92 Å². The first-order valence-electron chi connectivity index (χ1n) is 10.8. The number of benzene rings is 2. The molecular weight excluding hydrogens is 412 g/mol. The molecule has 0 fully saturated rings. The molecule has 0 aliphatic carbocycles. The number of hydrogen-bond donors (Lipinski definition) is 3. The van der Waals surface area contributed by atoms with Crippen LogP contribution in [0.4, 0.5) is 17.1 Å². The Balaban J connectivity index is 2.52. The number of anilines is 3. The van der Waals surface area contributed by atoms with Crippen LogP contribution in [-0.4, -0.2) is 34.9 Å². The van der Waals surface area contributed by atoms with Crippen molar-refractivity contribution >= 4 is 34.6 Å². The molecule has 0 amide bonds. The van der Waals surface area contributed by atoms with Crippen molar-refractivity contribution in [3.05, 3.63) is 53.1 Å². The van der Waals surface area contributed by atoms with E-state index in [-0.39, 0.29) is 12.3 Å². The van der Waals surface area contributed by atoms with E-state index < -0.39 is 11.6 Å². The maximum absolute atomic E-state index is 11.3. The third-order valence-corrected chi connectivity index (χ3v) is 5.29. The van der Waals surface area contributed by atoms with E-state index in [4.69, 9.17) is 11.6 Å². The van der Waals surface area contributed by atoms with E-state index in [1.165, 1.54) is 0 Å². The van der Waals surface area contributed by atoms with Crippen molar-refractivity contribution < 1.29 is 15.0 Å². The molecule has 31 heavy (non-hydrogen) atoms. The van der Waals surface area contributed by atoms with Crippen LogP contribution in [0.15, 0.2) is 42.5 Å². The first-order chi connectivity index (χ1) is 14.5. The van der Waals surface area contributed by atoms with Gasteiger partial charge in [0, 0.05) is 23.8 Å². The van der Waals surface area contributed by atoms with Gasteiger partial charge in [0.05, 0.1) is 23.4 Å². The van der Waals surface area contributed by atoms with Crippen LogP contribution in [0.5, 0.6) is 0 Å². The minimum absolute atomic E-state index is 0.0647. The predicted octanol–water partition coefficient (Wildman–Crippen LogP) is 6.29. The largest absolute Gasteiger partial charge is 0.481 e. The van der Waals surface area contributed by atoms with Gasteiger partial charge in [0.25, 0.3) is 0 Å². The predicted molar refractivity (Wildman–Crippen MR) is 130 cm³/mol. The number of aliphatic hydroxyl groups is 1. The standard InChI is InChI=1S/C25H35ClN2O3/c1-6-18(14-24(29)30)19-7-12-23(28(15-17(2)3)16-25(4,5)31)22(13-19)27-21-10-8-20(26)9-11-21/h7-13,17-18,27,31H,6,14-16H2,1-5H3,(H,29,30). The molecule has 0 aliphatic heterocycles. The lowest BCUT2D eigenvalue weighted by Gasteiger charge is -2.34. The summed E-state index contributed by atoms with van der Waals surface area (Å²) in [4.78, 5) is 13.5. The fourth-order valence-electron chi connectivity index (χ4n) is 3.74. The average Bonchev–Trinajstić information content (AvgIpc) is 2.65. The lowest BCUT2D eigenvalue weighted by molar-refractivity contribution is -0.137. The zero-order valence-electron chi connectivity index (χ0n) is 19.2. The molecule has 0 aromatic heterocycles. The third kappa shape index (κ3) is 8.08. The summed E-state index contributed by atoms with van der Waals surface area (Å²) in [5.41, 5.74) is 2.87. The number of carboxylic acid groups (broad SMARTS) is 1. The fraction of sp³-hybridized carbons (Fsp3) is 0.480. The first-order valence-corrected chi connectivity index (χ1v) is 11.2. The van der Waals surface area contributed by atoms with E-state index in [9.17, 15) is 15.0 Å². The summed E-state index contributed by atoms with van der Waals surface area (Å²) in [6.07, 6.45) is 0.834. The van der Waals surface area contributed by atoms with Crippen molar-refractivity contribution in [3.63, 3.8) is 0 Å². The van der Waals surface area contributed by atoms with Gasteiger partial charge < -0.3 is 20.4 Å².